The first-order valence-corrected chi connectivity index (χ1v) is 6.02. The van der Waals surface area contributed by atoms with Crippen molar-refractivity contribution in [2.75, 3.05) is 20.6 Å². The smallest absolute Gasteiger partial charge is 0.408 e. The third-order valence-electron chi connectivity index (χ3n) is 2.14. The minimum absolute atomic E-state index is 0.0598. The third kappa shape index (κ3) is 7.28. The molecule has 7 nitrogen and oxygen atoms in total. The molecule has 0 heterocycles. The highest BCUT2D eigenvalue weighted by Gasteiger charge is 2.23. The van der Waals surface area contributed by atoms with Gasteiger partial charge in [0, 0.05) is 14.1 Å². The van der Waals surface area contributed by atoms with Gasteiger partial charge in [0.2, 0.25) is 11.8 Å². The average Bonchev–Trinajstić information content (AvgIpc) is 2.24. The second-order valence-corrected chi connectivity index (χ2v) is 5.24. The highest BCUT2D eigenvalue weighted by atomic mass is 16.6. The zero-order valence-corrected chi connectivity index (χ0v) is 12.4. The van der Waals surface area contributed by atoms with E-state index in [0.29, 0.717) is 0 Å². The molecule has 0 rings (SSSR count). The number of amides is 3. The maximum atomic E-state index is 11.9. The number of hydrogen-bond acceptors (Lipinski definition) is 4. The topological polar surface area (TPSA) is 87.7 Å². The summed E-state index contributed by atoms with van der Waals surface area (Å²) < 4.78 is 5.04. The molecule has 0 spiro atoms. The summed E-state index contributed by atoms with van der Waals surface area (Å²) in [7, 11) is 2.98. The molecular formula is C12H23N3O4. The Morgan fingerprint density at radius 2 is 1.79 bits per heavy atom. The van der Waals surface area contributed by atoms with E-state index in [1.807, 2.05) is 0 Å². The molecule has 0 aromatic rings. The van der Waals surface area contributed by atoms with Gasteiger partial charge in [-0.05, 0) is 27.7 Å². The van der Waals surface area contributed by atoms with Crippen LogP contribution in [-0.2, 0) is 14.3 Å². The minimum atomic E-state index is -0.760. The SMILES string of the molecule is CNC(=O)CN(C)C(=O)C(C)NC(=O)OC(C)(C)C. The lowest BCUT2D eigenvalue weighted by Crippen LogP contribution is -2.49. The standard InChI is InChI=1S/C12H23N3O4/c1-8(14-11(18)19-12(2,3)4)10(17)15(6)7-9(16)13-5/h8H,7H2,1-6H3,(H,13,16)(H,14,18). The number of alkyl carbamates (subject to hydrolysis) is 1. The van der Waals surface area contributed by atoms with Gasteiger partial charge in [0.05, 0.1) is 6.54 Å². The molecular weight excluding hydrogens is 250 g/mol. The van der Waals surface area contributed by atoms with Crippen molar-refractivity contribution >= 4 is 17.9 Å². The first-order chi connectivity index (χ1) is 8.56. The molecule has 2 N–H and O–H groups in total. The predicted octanol–water partition coefficient (Wildman–Crippen LogP) is 0.104. The summed E-state index contributed by atoms with van der Waals surface area (Å²) in [5.74, 6) is -0.644. The predicted molar refractivity (Wildman–Crippen MR) is 70.5 cm³/mol. The lowest BCUT2D eigenvalue weighted by molar-refractivity contribution is -0.135. The molecule has 0 saturated carbocycles. The van der Waals surface area contributed by atoms with E-state index in [2.05, 4.69) is 10.6 Å². The Morgan fingerprint density at radius 3 is 2.21 bits per heavy atom. The van der Waals surface area contributed by atoms with E-state index in [0.717, 1.165) is 0 Å². The van der Waals surface area contributed by atoms with Crippen LogP contribution in [-0.4, -0.2) is 55.1 Å². The fourth-order valence-electron chi connectivity index (χ4n) is 1.25. The number of carbonyl (C=O) groups excluding carboxylic acids is 3. The van der Waals surface area contributed by atoms with Gasteiger partial charge in [0.15, 0.2) is 0 Å². The Morgan fingerprint density at radius 1 is 1.26 bits per heavy atom. The van der Waals surface area contributed by atoms with Crippen molar-refractivity contribution in [3.63, 3.8) is 0 Å². The number of carbonyl (C=O) groups is 3. The summed E-state index contributed by atoms with van der Waals surface area (Å²) in [6, 6.07) is -0.760. The van der Waals surface area contributed by atoms with Crippen LogP contribution in [0.3, 0.4) is 0 Å². The normalized spacial score (nSPS) is 12.3. The highest BCUT2D eigenvalue weighted by Crippen LogP contribution is 2.06. The van der Waals surface area contributed by atoms with E-state index in [1.54, 1.807) is 20.8 Å². The summed E-state index contributed by atoms with van der Waals surface area (Å²) in [5.41, 5.74) is -0.624. The summed E-state index contributed by atoms with van der Waals surface area (Å²) >= 11 is 0. The van der Waals surface area contributed by atoms with Gasteiger partial charge in [0.1, 0.15) is 11.6 Å². The second kappa shape index (κ2) is 6.96. The number of nitrogens with zero attached hydrogens (tertiary/aromatic N) is 1. The molecule has 0 aromatic heterocycles. The number of hydrogen-bond donors (Lipinski definition) is 2. The molecule has 1 atom stereocenters. The van der Waals surface area contributed by atoms with E-state index < -0.39 is 17.7 Å². The Kier molecular flexibility index (Phi) is 6.31. The molecule has 0 aliphatic heterocycles. The highest BCUT2D eigenvalue weighted by molar-refractivity contribution is 5.89. The Bertz CT molecular complexity index is 349. The molecule has 3 amide bonds. The van der Waals surface area contributed by atoms with Crippen molar-refractivity contribution in [3.05, 3.63) is 0 Å². The van der Waals surface area contributed by atoms with Crippen LogP contribution in [0.4, 0.5) is 4.79 Å². The van der Waals surface area contributed by atoms with Crippen molar-refractivity contribution in [2.45, 2.75) is 39.3 Å². The molecule has 1 unspecified atom stereocenters. The maximum absolute atomic E-state index is 11.9. The summed E-state index contributed by atoms with van der Waals surface area (Å²) in [4.78, 5) is 35.7. The fourth-order valence-corrected chi connectivity index (χ4v) is 1.25. The van der Waals surface area contributed by atoms with Crippen LogP contribution in [0.2, 0.25) is 0 Å². The zero-order chi connectivity index (χ0) is 15.2. The molecule has 110 valence electrons. The Labute approximate surface area is 113 Å². The minimum Gasteiger partial charge on any atom is -0.444 e. The third-order valence-corrected chi connectivity index (χ3v) is 2.14. The van der Waals surface area contributed by atoms with Crippen molar-refractivity contribution in [2.24, 2.45) is 0 Å². The molecule has 19 heavy (non-hydrogen) atoms. The molecule has 0 aromatic carbocycles. The van der Waals surface area contributed by atoms with Crippen LogP contribution in [0.5, 0.6) is 0 Å². The van der Waals surface area contributed by atoms with Crippen LogP contribution >= 0.6 is 0 Å². The summed E-state index contributed by atoms with van der Waals surface area (Å²) in [5, 5.41) is 4.84. The summed E-state index contributed by atoms with van der Waals surface area (Å²) in [6.07, 6.45) is -0.665. The number of nitrogens with one attached hydrogen (secondary N) is 2. The molecule has 0 bridgehead atoms. The van der Waals surface area contributed by atoms with Crippen LogP contribution in [0.25, 0.3) is 0 Å². The zero-order valence-electron chi connectivity index (χ0n) is 12.4. The summed E-state index contributed by atoms with van der Waals surface area (Å²) in [6.45, 7) is 6.67. The van der Waals surface area contributed by atoms with Crippen molar-refractivity contribution in [1.82, 2.24) is 15.5 Å². The average molecular weight is 273 g/mol. The van der Waals surface area contributed by atoms with Gasteiger partial charge >= 0.3 is 6.09 Å². The molecule has 0 fully saturated rings. The largest absolute Gasteiger partial charge is 0.444 e. The lowest BCUT2D eigenvalue weighted by atomic mass is 10.2. The quantitative estimate of drug-likeness (QED) is 0.760. The van der Waals surface area contributed by atoms with E-state index in [9.17, 15) is 14.4 Å². The Balaban J connectivity index is 4.34. The van der Waals surface area contributed by atoms with Crippen LogP contribution < -0.4 is 10.6 Å². The first-order valence-electron chi connectivity index (χ1n) is 6.02. The van der Waals surface area contributed by atoms with Crippen molar-refractivity contribution < 1.29 is 19.1 Å². The Hall–Kier alpha value is -1.79. The van der Waals surface area contributed by atoms with E-state index in [4.69, 9.17) is 4.74 Å². The number of likely N-dealkylation sites (N-methyl/N-ethyl adjacent to an activating group) is 2. The van der Waals surface area contributed by atoms with Crippen molar-refractivity contribution in [3.8, 4) is 0 Å². The lowest BCUT2D eigenvalue weighted by Gasteiger charge is -2.24. The molecule has 7 heteroatoms. The van der Waals surface area contributed by atoms with Gasteiger partial charge < -0.3 is 20.3 Å². The van der Waals surface area contributed by atoms with Gasteiger partial charge in [-0.3, -0.25) is 9.59 Å². The van der Waals surface area contributed by atoms with E-state index in [1.165, 1.54) is 25.9 Å². The van der Waals surface area contributed by atoms with Gasteiger partial charge in [-0.1, -0.05) is 0 Å². The van der Waals surface area contributed by atoms with Gasteiger partial charge in [0.25, 0.3) is 0 Å². The molecule has 0 aliphatic rings. The number of ether oxygens (including phenoxy) is 1. The van der Waals surface area contributed by atoms with Gasteiger partial charge in [-0.15, -0.1) is 0 Å². The van der Waals surface area contributed by atoms with E-state index >= 15 is 0 Å². The van der Waals surface area contributed by atoms with Crippen LogP contribution in [0.1, 0.15) is 27.7 Å². The van der Waals surface area contributed by atoms with Crippen LogP contribution in [0.15, 0.2) is 0 Å². The fraction of sp³-hybridized carbons (Fsp3) is 0.750. The molecule has 0 saturated heterocycles. The molecule has 0 radical (unpaired) electrons. The maximum Gasteiger partial charge on any atom is 0.408 e. The van der Waals surface area contributed by atoms with E-state index in [-0.39, 0.29) is 18.4 Å². The van der Waals surface area contributed by atoms with Crippen molar-refractivity contribution in [1.29, 1.82) is 0 Å². The monoisotopic (exact) mass is 273 g/mol. The van der Waals surface area contributed by atoms with Crippen LogP contribution in [0, 0.1) is 0 Å². The molecule has 0 aliphatic carbocycles. The second-order valence-electron chi connectivity index (χ2n) is 5.24. The number of rotatable bonds is 4. The first kappa shape index (κ1) is 17.2. The van der Waals surface area contributed by atoms with Gasteiger partial charge in [-0.2, -0.15) is 0 Å². The van der Waals surface area contributed by atoms with Gasteiger partial charge in [-0.25, -0.2) is 4.79 Å².